The van der Waals surface area contributed by atoms with Crippen molar-refractivity contribution in [3.05, 3.63) is 47.5 Å². The standard InChI is InChI=1S/C13H14F2O/c14-11-6-10(7-12(15)8-11)9-13(16)4-2-1-3-5-13/h2,4,6-8,16H,1,3,5,9H2. The van der Waals surface area contributed by atoms with Gasteiger partial charge in [0.15, 0.2) is 0 Å². The summed E-state index contributed by atoms with van der Waals surface area (Å²) in [5, 5.41) is 10.2. The van der Waals surface area contributed by atoms with Gasteiger partial charge in [0.2, 0.25) is 0 Å². The first kappa shape index (κ1) is 11.3. The lowest BCUT2D eigenvalue weighted by atomic mass is 9.85. The summed E-state index contributed by atoms with van der Waals surface area (Å²) in [6.07, 6.45) is 6.42. The summed E-state index contributed by atoms with van der Waals surface area (Å²) in [4.78, 5) is 0. The van der Waals surface area contributed by atoms with Crippen molar-refractivity contribution in [3.8, 4) is 0 Å². The van der Waals surface area contributed by atoms with Gasteiger partial charge < -0.3 is 5.11 Å². The van der Waals surface area contributed by atoms with Crippen molar-refractivity contribution in [1.29, 1.82) is 0 Å². The summed E-state index contributed by atoms with van der Waals surface area (Å²) < 4.78 is 25.9. The Morgan fingerprint density at radius 1 is 1.19 bits per heavy atom. The maximum atomic E-state index is 13.0. The van der Waals surface area contributed by atoms with Crippen LogP contribution in [0, 0.1) is 11.6 Å². The molecule has 0 amide bonds. The minimum absolute atomic E-state index is 0.262. The van der Waals surface area contributed by atoms with E-state index >= 15 is 0 Å². The maximum absolute atomic E-state index is 13.0. The number of benzene rings is 1. The van der Waals surface area contributed by atoms with Crippen LogP contribution in [0.4, 0.5) is 8.78 Å². The summed E-state index contributed by atoms with van der Waals surface area (Å²) in [7, 11) is 0. The zero-order valence-electron chi connectivity index (χ0n) is 8.92. The van der Waals surface area contributed by atoms with Crippen LogP contribution in [0.25, 0.3) is 0 Å². The Bertz CT molecular complexity index is 394. The number of halogens is 2. The fraction of sp³-hybridized carbons (Fsp3) is 0.385. The van der Waals surface area contributed by atoms with E-state index in [2.05, 4.69) is 0 Å². The lowest BCUT2D eigenvalue weighted by molar-refractivity contribution is 0.0750. The molecule has 1 aliphatic carbocycles. The Hall–Kier alpha value is -1.22. The van der Waals surface area contributed by atoms with E-state index < -0.39 is 17.2 Å². The van der Waals surface area contributed by atoms with Crippen molar-refractivity contribution in [2.75, 3.05) is 0 Å². The topological polar surface area (TPSA) is 20.2 Å². The molecule has 0 aliphatic heterocycles. The summed E-state index contributed by atoms with van der Waals surface area (Å²) in [6.45, 7) is 0. The molecule has 1 atom stereocenters. The van der Waals surface area contributed by atoms with E-state index in [1.807, 2.05) is 6.08 Å². The molecule has 0 aromatic heterocycles. The molecule has 1 N–H and O–H groups in total. The van der Waals surface area contributed by atoms with E-state index in [4.69, 9.17) is 0 Å². The van der Waals surface area contributed by atoms with Crippen molar-refractivity contribution in [2.45, 2.75) is 31.3 Å². The van der Waals surface area contributed by atoms with Crippen LogP contribution in [0.2, 0.25) is 0 Å². The minimum Gasteiger partial charge on any atom is -0.385 e. The van der Waals surface area contributed by atoms with Crippen LogP contribution in [0.15, 0.2) is 30.4 Å². The van der Waals surface area contributed by atoms with Crippen LogP contribution in [-0.4, -0.2) is 10.7 Å². The number of allylic oxidation sites excluding steroid dienone is 1. The highest BCUT2D eigenvalue weighted by Crippen LogP contribution is 2.26. The molecule has 1 aromatic rings. The molecule has 0 saturated heterocycles. The first-order valence-electron chi connectivity index (χ1n) is 5.42. The van der Waals surface area contributed by atoms with Crippen molar-refractivity contribution >= 4 is 0 Å². The first-order chi connectivity index (χ1) is 7.57. The molecule has 0 bridgehead atoms. The monoisotopic (exact) mass is 224 g/mol. The zero-order chi connectivity index (χ0) is 11.6. The summed E-state index contributed by atoms with van der Waals surface area (Å²) in [5.41, 5.74) is -0.454. The van der Waals surface area contributed by atoms with Crippen LogP contribution >= 0.6 is 0 Å². The molecule has 16 heavy (non-hydrogen) atoms. The average Bonchev–Trinajstić information content (AvgIpc) is 2.15. The lowest BCUT2D eigenvalue weighted by Crippen LogP contribution is -2.30. The van der Waals surface area contributed by atoms with Gasteiger partial charge in [0, 0.05) is 12.5 Å². The molecule has 2 rings (SSSR count). The second kappa shape index (κ2) is 4.34. The van der Waals surface area contributed by atoms with E-state index in [1.165, 1.54) is 12.1 Å². The molecular formula is C13H14F2O. The van der Waals surface area contributed by atoms with Crippen LogP contribution in [-0.2, 0) is 6.42 Å². The smallest absolute Gasteiger partial charge is 0.126 e. The van der Waals surface area contributed by atoms with E-state index in [0.29, 0.717) is 12.0 Å². The Morgan fingerprint density at radius 2 is 1.88 bits per heavy atom. The van der Waals surface area contributed by atoms with Crippen molar-refractivity contribution in [1.82, 2.24) is 0 Å². The minimum atomic E-state index is -0.946. The highest BCUT2D eigenvalue weighted by molar-refractivity contribution is 5.22. The van der Waals surface area contributed by atoms with Gasteiger partial charge in [0.25, 0.3) is 0 Å². The molecule has 0 fully saturated rings. The van der Waals surface area contributed by atoms with Gasteiger partial charge in [-0.05, 0) is 37.0 Å². The highest BCUT2D eigenvalue weighted by Gasteiger charge is 2.25. The van der Waals surface area contributed by atoms with Crippen LogP contribution in [0.1, 0.15) is 24.8 Å². The van der Waals surface area contributed by atoms with Crippen LogP contribution in [0.5, 0.6) is 0 Å². The van der Waals surface area contributed by atoms with Gasteiger partial charge in [0.05, 0.1) is 5.60 Å². The largest absolute Gasteiger partial charge is 0.385 e. The van der Waals surface area contributed by atoms with Gasteiger partial charge in [-0.3, -0.25) is 0 Å². The third-order valence-electron chi connectivity index (χ3n) is 2.84. The predicted molar refractivity (Wildman–Crippen MR) is 58.0 cm³/mol. The van der Waals surface area contributed by atoms with E-state index in [0.717, 1.165) is 18.9 Å². The van der Waals surface area contributed by atoms with Crippen molar-refractivity contribution in [3.63, 3.8) is 0 Å². The van der Waals surface area contributed by atoms with E-state index in [9.17, 15) is 13.9 Å². The highest BCUT2D eigenvalue weighted by atomic mass is 19.1. The Labute approximate surface area is 93.4 Å². The SMILES string of the molecule is OC1(Cc2cc(F)cc(F)c2)C=CCCC1. The first-order valence-corrected chi connectivity index (χ1v) is 5.42. The zero-order valence-corrected chi connectivity index (χ0v) is 8.92. The predicted octanol–water partition coefficient (Wildman–Crippen LogP) is 2.98. The van der Waals surface area contributed by atoms with Crippen LogP contribution in [0.3, 0.4) is 0 Å². The third kappa shape index (κ3) is 2.67. The van der Waals surface area contributed by atoms with E-state index in [1.54, 1.807) is 6.08 Å². The molecule has 1 nitrogen and oxygen atoms in total. The fourth-order valence-electron chi connectivity index (χ4n) is 2.13. The number of hydrogen-bond acceptors (Lipinski definition) is 1. The summed E-state index contributed by atoms with van der Waals surface area (Å²) in [5.74, 6) is -1.20. The Kier molecular flexibility index (Phi) is 3.06. The Morgan fingerprint density at radius 3 is 2.44 bits per heavy atom. The molecule has 1 aliphatic rings. The number of rotatable bonds is 2. The average molecular weight is 224 g/mol. The third-order valence-corrected chi connectivity index (χ3v) is 2.84. The molecule has 1 unspecified atom stereocenters. The molecule has 3 heteroatoms. The number of hydrogen-bond donors (Lipinski definition) is 1. The fourth-order valence-corrected chi connectivity index (χ4v) is 2.13. The maximum Gasteiger partial charge on any atom is 0.126 e. The molecule has 0 spiro atoms. The van der Waals surface area contributed by atoms with Gasteiger partial charge in [-0.1, -0.05) is 12.2 Å². The van der Waals surface area contributed by atoms with Gasteiger partial charge in [-0.2, -0.15) is 0 Å². The van der Waals surface area contributed by atoms with Gasteiger partial charge in [0.1, 0.15) is 11.6 Å². The molecule has 0 heterocycles. The second-order valence-corrected chi connectivity index (χ2v) is 4.35. The van der Waals surface area contributed by atoms with Crippen LogP contribution < -0.4 is 0 Å². The van der Waals surface area contributed by atoms with Gasteiger partial charge >= 0.3 is 0 Å². The number of aliphatic hydroxyl groups is 1. The van der Waals surface area contributed by atoms with Crippen molar-refractivity contribution in [2.24, 2.45) is 0 Å². The summed E-state index contributed by atoms with van der Waals surface area (Å²) >= 11 is 0. The van der Waals surface area contributed by atoms with Crippen molar-refractivity contribution < 1.29 is 13.9 Å². The van der Waals surface area contributed by atoms with E-state index in [-0.39, 0.29) is 6.42 Å². The quantitative estimate of drug-likeness (QED) is 0.766. The molecular weight excluding hydrogens is 210 g/mol. The molecule has 86 valence electrons. The van der Waals surface area contributed by atoms with Gasteiger partial charge in [-0.25, -0.2) is 8.78 Å². The molecule has 1 aromatic carbocycles. The second-order valence-electron chi connectivity index (χ2n) is 4.35. The summed E-state index contributed by atoms with van der Waals surface area (Å²) in [6, 6.07) is 3.37. The molecule has 0 saturated carbocycles. The molecule has 0 radical (unpaired) electrons. The normalized spacial score (nSPS) is 24.7. The lowest BCUT2D eigenvalue weighted by Gasteiger charge is -2.27. The Balaban J connectivity index is 2.19. The van der Waals surface area contributed by atoms with Gasteiger partial charge in [-0.15, -0.1) is 0 Å².